The van der Waals surface area contributed by atoms with E-state index < -0.39 is 12.1 Å². The SMILES string of the molecule is CCOC(=O)C1=CN(Cl)C2C(=CN(C)c3ccccc3)CCC(C)N2C1=O. The first kappa shape index (κ1) is 19.3. The maximum atomic E-state index is 13.0. The molecule has 3 rings (SSSR count). The van der Waals surface area contributed by atoms with E-state index in [4.69, 9.17) is 16.5 Å². The fourth-order valence-electron chi connectivity index (χ4n) is 3.51. The Kier molecular flexibility index (Phi) is 5.75. The first-order chi connectivity index (χ1) is 12.9. The van der Waals surface area contributed by atoms with Crippen LogP contribution in [0.15, 0.2) is 53.9 Å². The largest absolute Gasteiger partial charge is 0.462 e. The maximum absolute atomic E-state index is 13.0. The van der Waals surface area contributed by atoms with Crippen LogP contribution in [0.2, 0.25) is 0 Å². The summed E-state index contributed by atoms with van der Waals surface area (Å²) >= 11 is 6.48. The second kappa shape index (κ2) is 8.05. The van der Waals surface area contributed by atoms with Gasteiger partial charge < -0.3 is 14.5 Å². The maximum Gasteiger partial charge on any atom is 0.345 e. The lowest BCUT2D eigenvalue weighted by molar-refractivity contribution is -0.145. The molecule has 27 heavy (non-hydrogen) atoms. The number of anilines is 1. The number of para-hydroxylation sites is 1. The van der Waals surface area contributed by atoms with Crippen molar-refractivity contribution in [1.29, 1.82) is 0 Å². The summed E-state index contributed by atoms with van der Waals surface area (Å²) in [7, 11) is 1.97. The van der Waals surface area contributed by atoms with Crippen molar-refractivity contribution in [2.24, 2.45) is 0 Å². The molecule has 0 N–H and O–H groups in total. The predicted molar refractivity (Wildman–Crippen MR) is 105 cm³/mol. The molecule has 1 aromatic carbocycles. The highest BCUT2D eigenvalue weighted by Crippen LogP contribution is 2.36. The third-order valence-corrected chi connectivity index (χ3v) is 5.17. The van der Waals surface area contributed by atoms with Crippen molar-refractivity contribution in [1.82, 2.24) is 9.32 Å². The number of benzene rings is 1. The van der Waals surface area contributed by atoms with Gasteiger partial charge in [0.25, 0.3) is 5.91 Å². The van der Waals surface area contributed by atoms with E-state index in [0.717, 1.165) is 24.1 Å². The van der Waals surface area contributed by atoms with Crippen LogP contribution in [0, 0.1) is 0 Å². The van der Waals surface area contributed by atoms with Crippen molar-refractivity contribution >= 4 is 29.3 Å². The molecule has 0 radical (unpaired) electrons. The molecule has 1 fully saturated rings. The van der Waals surface area contributed by atoms with Gasteiger partial charge in [0.05, 0.1) is 6.61 Å². The Morgan fingerprint density at radius 3 is 2.74 bits per heavy atom. The van der Waals surface area contributed by atoms with Gasteiger partial charge in [-0.15, -0.1) is 0 Å². The van der Waals surface area contributed by atoms with Gasteiger partial charge >= 0.3 is 5.97 Å². The molecule has 6 nitrogen and oxygen atoms in total. The molecule has 0 aromatic heterocycles. The summed E-state index contributed by atoms with van der Waals surface area (Å²) in [6.07, 6.45) is 4.60. The second-order valence-corrected chi connectivity index (χ2v) is 7.12. The Morgan fingerprint density at radius 1 is 1.37 bits per heavy atom. The van der Waals surface area contributed by atoms with E-state index in [1.165, 1.54) is 10.6 Å². The number of esters is 1. The standard InChI is InChI=1S/C20H24ClN3O3/c1-4-27-20(26)17-13-23(21)18-15(11-10-14(2)24(18)19(17)25)12-22(3)16-8-6-5-7-9-16/h5-9,12-14,18H,4,10-11H2,1-3H3. The highest BCUT2D eigenvalue weighted by Gasteiger charge is 2.44. The van der Waals surface area contributed by atoms with Crippen molar-refractivity contribution in [2.45, 2.75) is 38.9 Å². The molecular formula is C20H24ClN3O3. The Labute approximate surface area is 164 Å². The lowest BCUT2D eigenvalue weighted by Crippen LogP contribution is -2.58. The van der Waals surface area contributed by atoms with Gasteiger partial charge in [0.2, 0.25) is 0 Å². The monoisotopic (exact) mass is 389 g/mol. The first-order valence-electron chi connectivity index (χ1n) is 9.08. The van der Waals surface area contributed by atoms with E-state index in [1.54, 1.807) is 11.8 Å². The van der Waals surface area contributed by atoms with Crippen LogP contribution in [-0.4, -0.2) is 47.1 Å². The number of amides is 1. The summed E-state index contributed by atoms with van der Waals surface area (Å²) in [4.78, 5) is 28.8. The van der Waals surface area contributed by atoms with Crippen LogP contribution in [0.3, 0.4) is 0 Å². The molecule has 0 saturated carbocycles. The van der Waals surface area contributed by atoms with E-state index >= 15 is 0 Å². The highest BCUT2D eigenvalue weighted by atomic mass is 35.5. The fourth-order valence-corrected chi connectivity index (χ4v) is 3.82. The predicted octanol–water partition coefficient (Wildman–Crippen LogP) is 3.26. The number of ether oxygens (including phenoxy) is 1. The van der Waals surface area contributed by atoms with Gasteiger partial charge in [0.1, 0.15) is 11.7 Å². The Hall–Kier alpha value is -2.47. The summed E-state index contributed by atoms with van der Waals surface area (Å²) in [6, 6.07) is 9.93. The van der Waals surface area contributed by atoms with Gasteiger partial charge in [-0.3, -0.25) is 9.21 Å². The van der Waals surface area contributed by atoms with Gasteiger partial charge in [0.15, 0.2) is 0 Å². The Morgan fingerprint density at radius 2 is 2.07 bits per heavy atom. The quantitative estimate of drug-likeness (QED) is 0.449. The van der Waals surface area contributed by atoms with Crippen LogP contribution >= 0.6 is 11.8 Å². The smallest absolute Gasteiger partial charge is 0.345 e. The molecule has 1 amide bonds. The molecule has 2 aliphatic heterocycles. The Bertz CT molecular complexity index is 778. The molecule has 1 aromatic rings. The molecule has 0 bridgehead atoms. The number of carbonyl (C=O) groups excluding carboxylic acids is 2. The number of halogens is 1. The molecule has 7 heteroatoms. The topological polar surface area (TPSA) is 53.1 Å². The lowest BCUT2D eigenvalue weighted by Gasteiger charge is -2.47. The number of piperidine rings is 1. The molecule has 2 aliphatic rings. The molecule has 144 valence electrons. The average molecular weight is 390 g/mol. The van der Waals surface area contributed by atoms with E-state index in [1.807, 2.05) is 55.4 Å². The van der Waals surface area contributed by atoms with Crippen molar-refractivity contribution in [3.05, 3.63) is 53.9 Å². The average Bonchev–Trinajstić information content (AvgIpc) is 2.66. The number of rotatable bonds is 4. The fraction of sp³-hybridized carbons (Fsp3) is 0.400. The zero-order valence-corrected chi connectivity index (χ0v) is 16.5. The van der Waals surface area contributed by atoms with Crippen LogP contribution in [0.4, 0.5) is 5.69 Å². The summed E-state index contributed by atoms with van der Waals surface area (Å²) in [5.74, 6) is -0.980. The minimum absolute atomic E-state index is 0.0268. The normalized spacial score (nSPS) is 23.8. The van der Waals surface area contributed by atoms with E-state index in [0.29, 0.717) is 0 Å². The summed E-state index contributed by atoms with van der Waals surface area (Å²) in [6.45, 7) is 3.88. The second-order valence-electron chi connectivity index (χ2n) is 6.73. The van der Waals surface area contributed by atoms with Crippen LogP contribution in [0.1, 0.15) is 26.7 Å². The van der Waals surface area contributed by atoms with Crippen molar-refractivity contribution in [3.63, 3.8) is 0 Å². The van der Waals surface area contributed by atoms with Crippen LogP contribution in [0.5, 0.6) is 0 Å². The number of carbonyl (C=O) groups is 2. The first-order valence-corrected chi connectivity index (χ1v) is 9.42. The number of fused-ring (bicyclic) bond motifs is 1. The molecule has 2 atom stereocenters. The molecule has 0 aliphatic carbocycles. The van der Waals surface area contributed by atoms with Gasteiger partial charge in [0, 0.05) is 43.0 Å². The third kappa shape index (κ3) is 3.81. The van der Waals surface area contributed by atoms with Gasteiger partial charge in [-0.25, -0.2) is 4.79 Å². The number of nitrogens with zero attached hydrogens (tertiary/aromatic N) is 3. The molecule has 0 spiro atoms. The van der Waals surface area contributed by atoms with E-state index in [9.17, 15) is 9.59 Å². The zero-order chi connectivity index (χ0) is 19.6. The van der Waals surface area contributed by atoms with Gasteiger partial charge in [-0.1, -0.05) is 18.2 Å². The molecule has 2 unspecified atom stereocenters. The molecule has 2 heterocycles. The molecular weight excluding hydrogens is 366 g/mol. The van der Waals surface area contributed by atoms with Crippen molar-refractivity contribution in [2.75, 3.05) is 18.6 Å². The van der Waals surface area contributed by atoms with Crippen LogP contribution in [-0.2, 0) is 14.3 Å². The van der Waals surface area contributed by atoms with E-state index in [-0.39, 0.29) is 24.1 Å². The van der Waals surface area contributed by atoms with Crippen LogP contribution in [0.25, 0.3) is 0 Å². The summed E-state index contributed by atoms with van der Waals surface area (Å²) < 4.78 is 6.41. The van der Waals surface area contributed by atoms with Gasteiger partial charge in [-0.05, 0) is 44.4 Å². The number of hydrogen-bond donors (Lipinski definition) is 0. The lowest BCUT2D eigenvalue weighted by atomic mass is 9.93. The van der Waals surface area contributed by atoms with Crippen molar-refractivity contribution < 1.29 is 14.3 Å². The minimum atomic E-state index is -0.642. The van der Waals surface area contributed by atoms with Gasteiger partial charge in [-0.2, -0.15) is 0 Å². The minimum Gasteiger partial charge on any atom is -0.462 e. The third-order valence-electron chi connectivity index (χ3n) is 4.89. The van der Waals surface area contributed by atoms with Crippen LogP contribution < -0.4 is 4.90 Å². The summed E-state index contributed by atoms with van der Waals surface area (Å²) in [5.41, 5.74) is 2.02. The zero-order valence-electron chi connectivity index (χ0n) is 15.8. The number of hydrogen-bond acceptors (Lipinski definition) is 5. The van der Waals surface area contributed by atoms with Crippen molar-refractivity contribution in [3.8, 4) is 0 Å². The van der Waals surface area contributed by atoms with E-state index in [2.05, 4.69) is 0 Å². The summed E-state index contributed by atoms with van der Waals surface area (Å²) in [5, 5.41) is 0. The highest BCUT2D eigenvalue weighted by molar-refractivity contribution is 6.20. The molecule has 1 saturated heterocycles. The Balaban J connectivity index is 1.93.